The van der Waals surface area contributed by atoms with Gasteiger partial charge in [0.2, 0.25) is 0 Å². The van der Waals surface area contributed by atoms with Crippen molar-refractivity contribution in [1.29, 1.82) is 0 Å². The number of phosphoric acid groups is 2. The van der Waals surface area contributed by atoms with Crippen molar-refractivity contribution in [2.24, 2.45) is 11.8 Å². The van der Waals surface area contributed by atoms with E-state index in [-0.39, 0.29) is 25.7 Å². The van der Waals surface area contributed by atoms with Crippen molar-refractivity contribution in [3.8, 4) is 0 Å². The Morgan fingerprint density at radius 2 is 0.529 bits per heavy atom. The number of carbonyl (C=O) groups excluding carboxylic acids is 4. The maximum atomic E-state index is 13.0. The number of ether oxygens (including phenoxy) is 4. The average molecular weight is 1280 g/mol. The summed E-state index contributed by atoms with van der Waals surface area (Å²) in [4.78, 5) is 72.2. The van der Waals surface area contributed by atoms with Crippen LogP contribution in [0.25, 0.3) is 0 Å². The maximum Gasteiger partial charge on any atom is 0.472 e. The fourth-order valence-electron chi connectivity index (χ4n) is 10.2. The number of phosphoric ester groups is 2. The van der Waals surface area contributed by atoms with Crippen molar-refractivity contribution in [2.45, 2.75) is 362 Å². The highest BCUT2D eigenvalue weighted by Gasteiger charge is 2.30. The normalized spacial score (nSPS) is 14.2. The van der Waals surface area contributed by atoms with Gasteiger partial charge in [-0.2, -0.15) is 0 Å². The van der Waals surface area contributed by atoms with E-state index < -0.39 is 97.5 Å². The Balaban J connectivity index is 5.13. The van der Waals surface area contributed by atoms with Crippen LogP contribution in [0.15, 0.2) is 0 Å². The Morgan fingerprint density at radius 3 is 0.782 bits per heavy atom. The smallest absolute Gasteiger partial charge is 0.462 e. The lowest BCUT2D eigenvalue weighted by Gasteiger charge is -2.21. The summed E-state index contributed by atoms with van der Waals surface area (Å²) in [6.07, 6.45) is 44.9. The molecule has 0 rings (SSSR count). The molecule has 87 heavy (non-hydrogen) atoms. The largest absolute Gasteiger partial charge is 0.472 e. The first-order valence-electron chi connectivity index (χ1n) is 35.5. The number of esters is 4. The second-order valence-electron chi connectivity index (χ2n) is 25.5. The Hall–Kier alpha value is -1.94. The lowest BCUT2D eigenvalue weighted by molar-refractivity contribution is -0.161. The molecular formula is C68H132O17P2. The molecule has 0 aliphatic heterocycles. The van der Waals surface area contributed by atoms with Gasteiger partial charge < -0.3 is 33.8 Å². The summed E-state index contributed by atoms with van der Waals surface area (Å²) in [5, 5.41) is 10.5. The van der Waals surface area contributed by atoms with Crippen LogP contribution in [0, 0.1) is 11.8 Å². The summed E-state index contributed by atoms with van der Waals surface area (Å²) in [6, 6.07) is 0. The lowest BCUT2D eigenvalue weighted by atomic mass is 10.0. The van der Waals surface area contributed by atoms with Crippen LogP contribution in [0.5, 0.6) is 0 Å². The van der Waals surface area contributed by atoms with Crippen molar-refractivity contribution in [3.63, 3.8) is 0 Å². The molecule has 0 bridgehead atoms. The number of hydrogen-bond acceptors (Lipinski definition) is 15. The fourth-order valence-corrected chi connectivity index (χ4v) is 11.8. The molecule has 17 nitrogen and oxygen atoms in total. The number of rotatable bonds is 67. The third-order valence-electron chi connectivity index (χ3n) is 15.7. The second-order valence-corrected chi connectivity index (χ2v) is 28.4. The van der Waals surface area contributed by atoms with Gasteiger partial charge in [0, 0.05) is 25.7 Å². The molecular weight excluding hydrogens is 1150 g/mol. The molecule has 516 valence electrons. The van der Waals surface area contributed by atoms with Crippen LogP contribution in [0.3, 0.4) is 0 Å². The van der Waals surface area contributed by atoms with Gasteiger partial charge in [-0.3, -0.25) is 37.3 Å². The van der Waals surface area contributed by atoms with E-state index in [0.717, 1.165) is 109 Å². The average Bonchev–Trinajstić information content (AvgIpc) is 3.67. The zero-order chi connectivity index (χ0) is 64.3. The zero-order valence-corrected chi connectivity index (χ0v) is 58.1. The van der Waals surface area contributed by atoms with E-state index >= 15 is 0 Å². The Bertz CT molecular complexity index is 1700. The topological polar surface area (TPSA) is 237 Å². The summed E-state index contributed by atoms with van der Waals surface area (Å²) in [7, 11) is -9.89. The van der Waals surface area contributed by atoms with Gasteiger partial charge in [0.25, 0.3) is 0 Å². The minimum Gasteiger partial charge on any atom is -0.462 e. The number of unbranched alkanes of at least 4 members (excludes halogenated alkanes) is 37. The molecule has 0 saturated heterocycles. The van der Waals surface area contributed by atoms with E-state index in [1.807, 2.05) is 0 Å². The molecule has 0 spiro atoms. The molecule has 0 amide bonds. The van der Waals surface area contributed by atoms with E-state index in [4.69, 9.17) is 37.0 Å². The molecule has 0 aromatic heterocycles. The van der Waals surface area contributed by atoms with Crippen molar-refractivity contribution >= 4 is 39.5 Å². The van der Waals surface area contributed by atoms with Gasteiger partial charge in [-0.25, -0.2) is 9.13 Å². The standard InChI is InChI=1S/C68H132O17P2/c1-7-9-11-13-15-16-17-18-19-20-21-22-23-24-25-26-27-33-40-46-52-67(72)84-64(57-79-66(71)51-45-39-34-28-31-36-42-48-60(3)4)59-83-87(76,77)81-55-62(69)54-80-86(74,75)82-58-63(56-78-65(70)50-44-38-30-14-12-10-8-2)85-68(73)53-47-41-35-29-32-37-43-49-61(5)6/h60-64,69H,7-59H2,1-6H3,(H,74,75)(H,76,77)/t62-,63+,64+/m0/s1. The molecule has 0 radical (unpaired) electrons. The van der Waals surface area contributed by atoms with E-state index in [9.17, 15) is 43.2 Å². The predicted octanol–water partition coefficient (Wildman–Crippen LogP) is 19.2. The van der Waals surface area contributed by atoms with Gasteiger partial charge >= 0.3 is 39.5 Å². The van der Waals surface area contributed by atoms with Crippen LogP contribution in [0.4, 0.5) is 0 Å². The molecule has 0 aromatic rings. The Morgan fingerprint density at radius 1 is 0.310 bits per heavy atom. The van der Waals surface area contributed by atoms with Crippen LogP contribution in [-0.4, -0.2) is 96.7 Å². The highest BCUT2D eigenvalue weighted by atomic mass is 31.2. The van der Waals surface area contributed by atoms with Gasteiger partial charge in [-0.1, -0.05) is 292 Å². The van der Waals surface area contributed by atoms with Gasteiger partial charge in [0.15, 0.2) is 12.2 Å². The Kier molecular flexibility index (Phi) is 59.0. The monoisotopic (exact) mass is 1280 g/mol. The van der Waals surface area contributed by atoms with Gasteiger partial charge in [-0.15, -0.1) is 0 Å². The molecule has 0 heterocycles. The number of hydrogen-bond donors (Lipinski definition) is 3. The van der Waals surface area contributed by atoms with Gasteiger partial charge in [-0.05, 0) is 37.5 Å². The summed E-state index contributed by atoms with van der Waals surface area (Å²) in [6.45, 7) is 9.36. The third-order valence-corrected chi connectivity index (χ3v) is 17.6. The maximum absolute atomic E-state index is 13.0. The second kappa shape index (κ2) is 60.3. The van der Waals surface area contributed by atoms with Crippen LogP contribution in [0.2, 0.25) is 0 Å². The first-order chi connectivity index (χ1) is 41.9. The first-order valence-corrected chi connectivity index (χ1v) is 38.5. The minimum atomic E-state index is -4.95. The summed E-state index contributed by atoms with van der Waals surface area (Å²) < 4.78 is 68.0. The summed E-state index contributed by atoms with van der Waals surface area (Å²) in [5.41, 5.74) is 0. The molecule has 0 aliphatic rings. The molecule has 2 unspecified atom stereocenters. The molecule has 0 aliphatic carbocycles. The lowest BCUT2D eigenvalue weighted by Crippen LogP contribution is -2.30. The van der Waals surface area contributed by atoms with Crippen molar-refractivity contribution in [3.05, 3.63) is 0 Å². The number of aliphatic hydroxyl groups excluding tert-OH is 1. The molecule has 0 saturated carbocycles. The van der Waals surface area contributed by atoms with Gasteiger partial charge in [0.05, 0.1) is 26.4 Å². The fraction of sp³-hybridized carbons (Fsp3) is 0.941. The Labute approximate surface area is 530 Å². The van der Waals surface area contributed by atoms with Crippen LogP contribution in [-0.2, 0) is 65.4 Å². The first kappa shape index (κ1) is 85.1. The highest BCUT2D eigenvalue weighted by Crippen LogP contribution is 2.45. The van der Waals surface area contributed by atoms with Crippen molar-refractivity contribution < 1.29 is 80.2 Å². The quantitative estimate of drug-likeness (QED) is 0.0222. The molecule has 0 aromatic carbocycles. The van der Waals surface area contributed by atoms with Crippen LogP contribution < -0.4 is 0 Å². The molecule has 0 fully saturated rings. The highest BCUT2D eigenvalue weighted by molar-refractivity contribution is 7.47. The third kappa shape index (κ3) is 62.6. The van der Waals surface area contributed by atoms with E-state index in [1.54, 1.807) is 0 Å². The van der Waals surface area contributed by atoms with Gasteiger partial charge in [0.1, 0.15) is 19.3 Å². The minimum absolute atomic E-state index is 0.103. The number of aliphatic hydroxyl groups is 1. The molecule has 19 heteroatoms. The molecule has 5 atom stereocenters. The summed E-state index contributed by atoms with van der Waals surface area (Å²) in [5.74, 6) is -0.736. The SMILES string of the molecule is CCCCCCCCCCCCCCCCCCCCCCC(=O)O[C@H](COC(=O)CCCCCCCCCC(C)C)COP(=O)(O)OC[C@@H](O)COP(=O)(O)OC[C@@H](COC(=O)CCCCCCCCC)OC(=O)CCCCCCCCCC(C)C. The summed E-state index contributed by atoms with van der Waals surface area (Å²) >= 11 is 0. The van der Waals surface area contributed by atoms with Crippen molar-refractivity contribution in [1.82, 2.24) is 0 Å². The zero-order valence-electron chi connectivity index (χ0n) is 56.3. The van der Waals surface area contributed by atoms with Crippen LogP contribution >= 0.6 is 15.6 Å². The van der Waals surface area contributed by atoms with E-state index in [2.05, 4.69) is 41.5 Å². The number of carbonyl (C=O) groups is 4. The molecule has 3 N–H and O–H groups in total. The van der Waals surface area contributed by atoms with E-state index in [1.165, 1.54) is 141 Å². The van der Waals surface area contributed by atoms with Crippen molar-refractivity contribution in [2.75, 3.05) is 39.6 Å². The van der Waals surface area contributed by atoms with Crippen LogP contribution in [0.1, 0.15) is 343 Å². The predicted molar refractivity (Wildman–Crippen MR) is 349 cm³/mol. The van der Waals surface area contributed by atoms with E-state index in [0.29, 0.717) is 37.5 Å².